The molecule has 0 aromatic carbocycles. The molecule has 2 heterocycles. The number of nitrogens with one attached hydrogen (secondary N) is 1. The lowest BCUT2D eigenvalue weighted by atomic mass is 9.74. The van der Waals surface area contributed by atoms with E-state index >= 15 is 0 Å². The van der Waals surface area contributed by atoms with Crippen molar-refractivity contribution in [1.82, 2.24) is 10.2 Å². The molecule has 2 atom stereocenters. The van der Waals surface area contributed by atoms with Gasteiger partial charge in [-0.15, -0.1) is 0 Å². The molecule has 112 valence electrons. The summed E-state index contributed by atoms with van der Waals surface area (Å²) >= 11 is 0. The summed E-state index contributed by atoms with van der Waals surface area (Å²) in [4.78, 5) is 2.75. The highest BCUT2D eigenvalue weighted by Crippen LogP contribution is 2.33. The second-order valence-corrected chi connectivity index (χ2v) is 7.51. The van der Waals surface area contributed by atoms with Crippen LogP contribution in [0.3, 0.4) is 0 Å². The largest absolute Gasteiger partial charge is 0.316 e. The summed E-state index contributed by atoms with van der Waals surface area (Å²) in [5.74, 6) is 1.86. The van der Waals surface area contributed by atoms with Crippen LogP contribution >= 0.6 is 0 Å². The van der Waals surface area contributed by atoms with Crippen molar-refractivity contribution < 1.29 is 0 Å². The van der Waals surface area contributed by atoms with Gasteiger partial charge in [-0.05, 0) is 75.5 Å². The number of likely N-dealkylation sites (tertiary alicyclic amines) is 1. The van der Waals surface area contributed by atoms with Crippen molar-refractivity contribution in [1.29, 1.82) is 0 Å². The summed E-state index contributed by atoms with van der Waals surface area (Å²) in [5.41, 5.74) is 0.472. The van der Waals surface area contributed by atoms with Crippen LogP contribution < -0.4 is 5.32 Å². The molecule has 0 bridgehead atoms. The SMILES string of the molecule is CCC1CCCN(CC(C)(C)C2CCCNC2)CC1. The molecule has 2 nitrogen and oxygen atoms in total. The van der Waals surface area contributed by atoms with Crippen LogP contribution in [0.15, 0.2) is 0 Å². The Balaban J connectivity index is 1.84. The summed E-state index contributed by atoms with van der Waals surface area (Å²) < 4.78 is 0. The van der Waals surface area contributed by atoms with Crippen molar-refractivity contribution in [2.45, 2.75) is 59.3 Å². The van der Waals surface area contributed by atoms with Gasteiger partial charge in [0.1, 0.15) is 0 Å². The van der Waals surface area contributed by atoms with Gasteiger partial charge in [-0.25, -0.2) is 0 Å². The lowest BCUT2D eigenvalue weighted by molar-refractivity contribution is 0.102. The van der Waals surface area contributed by atoms with E-state index in [4.69, 9.17) is 0 Å². The van der Waals surface area contributed by atoms with Gasteiger partial charge >= 0.3 is 0 Å². The molecule has 2 saturated heterocycles. The predicted molar refractivity (Wildman–Crippen MR) is 83.4 cm³/mol. The van der Waals surface area contributed by atoms with Crippen LogP contribution in [0.4, 0.5) is 0 Å². The van der Waals surface area contributed by atoms with Crippen LogP contribution in [0, 0.1) is 17.3 Å². The van der Waals surface area contributed by atoms with E-state index in [1.807, 2.05) is 0 Å². The van der Waals surface area contributed by atoms with Gasteiger partial charge in [0.25, 0.3) is 0 Å². The summed E-state index contributed by atoms with van der Waals surface area (Å²) in [5, 5.41) is 3.59. The van der Waals surface area contributed by atoms with Crippen LogP contribution in [0.2, 0.25) is 0 Å². The number of piperidine rings is 1. The van der Waals surface area contributed by atoms with E-state index in [0.29, 0.717) is 5.41 Å². The first-order chi connectivity index (χ1) is 9.12. The van der Waals surface area contributed by atoms with Gasteiger partial charge in [0, 0.05) is 6.54 Å². The smallest absolute Gasteiger partial charge is 0.00358 e. The topological polar surface area (TPSA) is 15.3 Å². The van der Waals surface area contributed by atoms with Crippen molar-refractivity contribution in [2.75, 3.05) is 32.7 Å². The highest BCUT2D eigenvalue weighted by Gasteiger charge is 2.32. The molecule has 2 aliphatic heterocycles. The molecular formula is C17H34N2. The monoisotopic (exact) mass is 266 g/mol. The molecule has 2 rings (SSSR count). The molecular weight excluding hydrogens is 232 g/mol. The molecule has 2 aliphatic rings. The van der Waals surface area contributed by atoms with Gasteiger partial charge in [0.05, 0.1) is 0 Å². The summed E-state index contributed by atoms with van der Waals surface area (Å²) in [6.45, 7) is 13.8. The van der Waals surface area contributed by atoms with E-state index in [1.54, 1.807) is 0 Å². The average molecular weight is 266 g/mol. The van der Waals surface area contributed by atoms with Crippen molar-refractivity contribution in [3.8, 4) is 0 Å². The second-order valence-electron chi connectivity index (χ2n) is 7.51. The average Bonchev–Trinajstić information content (AvgIpc) is 2.64. The molecule has 2 heteroatoms. The molecule has 0 radical (unpaired) electrons. The Morgan fingerprint density at radius 1 is 1.11 bits per heavy atom. The van der Waals surface area contributed by atoms with Crippen molar-refractivity contribution in [2.24, 2.45) is 17.3 Å². The third-order valence-corrected chi connectivity index (χ3v) is 5.55. The molecule has 0 amide bonds. The molecule has 2 fully saturated rings. The minimum absolute atomic E-state index is 0.472. The molecule has 0 aromatic heterocycles. The maximum absolute atomic E-state index is 3.59. The Kier molecular flexibility index (Phi) is 5.70. The van der Waals surface area contributed by atoms with E-state index < -0.39 is 0 Å². The molecule has 1 N–H and O–H groups in total. The van der Waals surface area contributed by atoms with Gasteiger partial charge in [-0.1, -0.05) is 27.2 Å². The molecule has 0 spiro atoms. The maximum Gasteiger partial charge on any atom is 0.00358 e. The van der Waals surface area contributed by atoms with E-state index in [1.165, 1.54) is 71.2 Å². The van der Waals surface area contributed by atoms with E-state index in [-0.39, 0.29) is 0 Å². The van der Waals surface area contributed by atoms with Crippen molar-refractivity contribution in [3.63, 3.8) is 0 Å². The Morgan fingerprint density at radius 3 is 2.63 bits per heavy atom. The quantitative estimate of drug-likeness (QED) is 0.837. The third-order valence-electron chi connectivity index (χ3n) is 5.55. The number of rotatable bonds is 4. The fourth-order valence-electron chi connectivity index (χ4n) is 4.02. The van der Waals surface area contributed by atoms with Crippen LogP contribution in [-0.4, -0.2) is 37.6 Å². The maximum atomic E-state index is 3.59. The van der Waals surface area contributed by atoms with E-state index in [2.05, 4.69) is 31.0 Å². The summed E-state index contributed by atoms with van der Waals surface area (Å²) in [6, 6.07) is 0. The van der Waals surface area contributed by atoms with Gasteiger partial charge in [0.15, 0.2) is 0 Å². The van der Waals surface area contributed by atoms with Crippen molar-refractivity contribution >= 4 is 0 Å². The zero-order valence-corrected chi connectivity index (χ0v) is 13.4. The third kappa shape index (κ3) is 4.46. The number of nitrogens with zero attached hydrogens (tertiary/aromatic N) is 1. The fraction of sp³-hybridized carbons (Fsp3) is 1.00. The van der Waals surface area contributed by atoms with E-state index in [9.17, 15) is 0 Å². The van der Waals surface area contributed by atoms with Gasteiger partial charge in [-0.3, -0.25) is 0 Å². The Morgan fingerprint density at radius 2 is 1.95 bits per heavy atom. The Labute approximate surface area is 120 Å². The standard InChI is InChI=1S/C17H34N2/c1-4-15-7-6-11-19(12-9-15)14-17(2,3)16-8-5-10-18-13-16/h15-16,18H,4-14H2,1-3H3. The van der Waals surface area contributed by atoms with Gasteiger partial charge in [0.2, 0.25) is 0 Å². The first-order valence-electron chi connectivity index (χ1n) is 8.55. The Bertz CT molecular complexity index is 256. The molecule has 2 unspecified atom stereocenters. The Hall–Kier alpha value is -0.0800. The molecule has 0 saturated carbocycles. The van der Waals surface area contributed by atoms with Crippen LogP contribution in [0.5, 0.6) is 0 Å². The van der Waals surface area contributed by atoms with Gasteiger partial charge < -0.3 is 10.2 Å². The van der Waals surface area contributed by atoms with Crippen LogP contribution in [-0.2, 0) is 0 Å². The fourth-order valence-corrected chi connectivity index (χ4v) is 4.02. The number of hydrogen-bond acceptors (Lipinski definition) is 2. The normalized spacial score (nSPS) is 31.1. The number of hydrogen-bond donors (Lipinski definition) is 1. The highest BCUT2D eigenvalue weighted by molar-refractivity contribution is 4.86. The van der Waals surface area contributed by atoms with Gasteiger partial charge in [-0.2, -0.15) is 0 Å². The minimum atomic E-state index is 0.472. The second kappa shape index (κ2) is 7.08. The van der Waals surface area contributed by atoms with Crippen molar-refractivity contribution in [3.05, 3.63) is 0 Å². The minimum Gasteiger partial charge on any atom is -0.316 e. The van der Waals surface area contributed by atoms with E-state index in [0.717, 1.165) is 11.8 Å². The first-order valence-corrected chi connectivity index (χ1v) is 8.55. The lowest BCUT2D eigenvalue weighted by Crippen LogP contribution is -2.45. The highest BCUT2D eigenvalue weighted by atomic mass is 15.1. The first kappa shape index (κ1) is 15.3. The molecule has 0 aliphatic carbocycles. The summed E-state index contributed by atoms with van der Waals surface area (Å²) in [7, 11) is 0. The lowest BCUT2D eigenvalue weighted by Gasteiger charge is -2.40. The zero-order valence-electron chi connectivity index (χ0n) is 13.4. The van der Waals surface area contributed by atoms with Crippen LogP contribution in [0.1, 0.15) is 59.3 Å². The molecule has 19 heavy (non-hydrogen) atoms. The predicted octanol–water partition coefficient (Wildman–Crippen LogP) is 3.52. The zero-order chi connectivity index (χ0) is 13.7. The molecule has 0 aromatic rings. The van der Waals surface area contributed by atoms with Crippen LogP contribution in [0.25, 0.3) is 0 Å². The summed E-state index contributed by atoms with van der Waals surface area (Å²) in [6.07, 6.45) is 8.46.